The molecule has 4 N–H and O–H groups in total. The van der Waals surface area contributed by atoms with Gasteiger partial charge in [0.05, 0.1) is 6.73 Å². The molecule has 0 spiro atoms. The van der Waals surface area contributed by atoms with Crippen LogP contribution in [0.2, 0.25) is 0 Å². The summed E-state index contributed by atoms with van der Waals surface area (Å²) in [6, 6.07) is 6.87. The van der Waals surface area contributed by atoms with E-state index < -0.39 is 12.0 Å². The summed E-state index contributed by atoms with van der Waals surface area (Å²) < 4.78 is 5.45. The number of ether oxygens (including phenoxy) is 1. The van der Waals surface area contributed by atoms with Gasteiger partial charge >= 0.3 is 0 Å². The van der Waals surface area contributed by atoms with E-state index in [4.69, 9.17) is 10.5 Å². The summed E-state index contributed by atoms with van der Waals surface area (Å²) in [4.78, 5) is 23.1. The van der Waals surface area contributed by atoms with E-state index in [-0.39, 0.29) is 5.91 Å². The first-order valence-corrected chi connectivity index (χ1v) is 7.07. The minimum atomic E-state index is -0.483. The van der Waals surface area contributed by atoms with Crippen molar-refractivity contribution in [2.45, 2.75) is 32.9 Å². The van der Waals surface area contributed by atoms with Gasteiger partial charge in [0.15, 0.2) is 0 Å². The predicted molar refractivity (Wildman–Crippen MR) is 80.5 cm³/mol. The minimum Gasteiger partial charge on any atom is -0.366 e. The van der Waals surface area contributed by atoms with Crippen LogP contribution in [0, 0.1) is 0 Å². The lowest BCUT2D eigenvalue weighted by Gasteiger charge is -2.16. The fraction of sp³-hybridized carbons (Fsp3) is 0.467. The number of rotatable bonds is 9. The molecule has 0 fully saturated rings. The largest absolute Gasteiger partial charge is 0.366 e. The standard InChI is InChI=1S/C15H23N3O3/c1-3-13(21-10-17-4-2)15(20)18-9-11-6-5-7-12(8-11)14(16)19/h5-8,13,17H,3-4,9-10H2,1-2H3,(H2,16,19)(H,18,20). The van der Waals surface area contributed by atoms with Crippen LogP contribution in [0.25, 0.3) is 0 Å². The van der Waals surface area contributed by atoms with Gasteiger partial charge < -0.3 is 15.8 Å². The van der Waals surface area contributed by atoms with Gasteiger partial charge in [-0.05, 0) is 30.7 Å². The highest BCUT2D eigenvalue weighted by atomic mass is 16.5. The summed E-state index contributed by atoms with van der Waals surface area (Å²) in [5.41, 5.74) is 6.47. The lowest BCUT2D eigenvalue weighted by molar-refractivity contribution is -0.133. The fourth-order valence-corrected chi connectivity index (χ4v) is 1.78. The van der Waals surface area contributed by atoms with Crippen molar-refractivity contribution < 1.29 is 14.3 Å². The monoisotopic (exact) mass is 293 g/mol. The highest BCUT2D eigenvalue weighted by Gasteiger charge is 2.16. The minimum absolute atomic E-state index is 0.167. The number of primary amides is 1. The van der Waals surface area contributed by atoms with Gasteiger partial charge in [-0.1, -0.05) is 26.0 Å². The third-order valence-electron chi connectivity index (χ3n) is 2.98. The highest BCUT2D eigenvalue weighted by molar-refractivity contribution is 5.92. The maximum absolute atomic E-state index is 12.0. The predicted octanol–water partition coefficient (Wildman–Crippen LogP) is 0.764. The zero-order valence-electron chi connectivity index (χ0n) is 12.5. The van der Waals surface area contributed by atoms with Gasteiger partial charge in [0.2, 0.25) is 11.8 Å². The average molecular weight is 293 g/mol. The first-order chi connectivity index (χ1) is 10.1. The molecule has 0 aliphatic rings. The second-order valence-corrected chi connectivity index (χ2v) is 4.59. The van der Waals surface area contributed by atoms with Crippen molar-refractivity contribution in [2.75, 3.05) is 13.3 Å². The second-order valence-electron chi connectivity index (χ2n) is 4.59. The lowest BCUT2D eigenvalue weighted by atomic mass is 10.1. The summed E-state index contributed by atoms with van der Waals surface area (Å²) in [6.07, 6.45) is 0.113. The van der Waals surface area contributed by atoms with Crippen LogP contribution < -0.4 is 16.4 Å². The molecule has 0 bridgehead atoms. The molecule has 6 nitrogen and oxygen atoms in total. The van der Waals surface area contributed by atoms with Crippen molar-refractivity contribution in [3.63, 3.8) is 0 Å². The zero-order valence-corrected chi connectivity index (χ0v) is 12.5. The van der Waals surface area contributed by atoms with Crippen molar-refractivity contribution >= 4 is 11.8 Å². The molecule has 1 aromatic rings. The van der Waals surface area contributed by atoms with Crippen molar-refractivity contribution in [2.24, 2.45) is 5.73 Å². The normalized spacial score (nSPS) is 11.9. The first kappa shape index (κ1) is 17.1. The SMILES string of the molecule is CCNCOC(CC)C(=O)NCc1cccc(C(N)=O)c1. The van der Waals surface area contributed by atoms with E-state index in [0.29, 0.717) is 25.3 Å². The molecule has 1 atom stereocenters. The molecule has 0 aliphatic heterocycles. The molecular weight excluding hydrogens is 270 g/mol. The maximum atomic E-state index is 12.0. The Morgan fingerprint density at radius 2 is 2.10 bits per heavy atom. The molecule has 0 radical (unpaired) electrons. The van der Waals surface area contributed by atoms with E-state index in [1.54, 1.807) is 18.2 Å². The molecule has 21 heavy (non-hydrogen) atoms. The van der Waals surface area contributed by atoms with Crippen LogP contribution in [0.15, 0.2) is 24.3 Å². The van der Waals surface area contributed by atoms with Crippen molar-refractivity contribution in [3.8, 4) is 0 Å². The lowest BCUT2D eigenvalue weighted by Crippen LogP contribution is -2.37. The van der Waals surface area contributed by atoms with Crippen molar-refractivity contribution in [1.29, 1.82) is 0 Å². The third kappa shape index (κ3) is 5.93. The molecule has 1 rings (SSSR count). The quantitative estimate of drug-likeness (QED) is 0.463. The second kappa shape index (κ2) is 9.10. The van der Waals surface area contributed by atoms with E-state index in [1.807, 2.05) is 19.9 Å². The molecule has 0 heterocycles. The van der Waals surface area contributed by atoms with Gasteiger partial charge in [-0.15, -0.1) is 0 Å². The third-order valence-corrected chi connectivity index (χ3v) is 2.98. The molecule has 116 valence electrons. The van der Waals surface area contributed by atoms with Crippen LogP contribution in [0.1, 0.15) is 36.2 Å². The van der Waals surface area contributed by atoms with Crippen LogP contribution in [0.3, 0.4) is 0 Å². The van der Waals surface area contributed by atoms with E-state index in [1.165, 1.54) is 0 Å². The van der Waals surface area contributed by atoms with Gasteiger partial charge in [0, 0.05) is 12.1 Å². The number of nitrogens with one attached hydrogen (secondary N) is 2. The topological polar surface area (TPSA) is 93.4 Å². The van der Waals surface area contributed by atoms with E-state index in [2.05, 4.69) is 10.6 Å². The number of hydrogen-bond donors (Lipinski definition) is 3. The Morgan fingerprint density at radius 1 is 1.33 bits per heavy atom. The number of amides is 2. The number of hydrogen-bond acceptors (Lipinski definition) is 4. The molecule has 0 saturated carbocycles. The molecular formula is C15H23N3O3. The van der Waals surface area contributed by atoms with Crippen LogP contribution in [-0.4, -0.2) is 31.2 Å². The van der Waals surface area contributed by atoms with Gasteiger partial charge in [-0.3, -0.25) is 14.9 Å². The Morgan fingerprint density at radius 3 is 2.71 bits per heavy atom. The molecule has 1 unspecified atom stereocenters. The van der Waals surface area contributed by atoms with Crippen LogP contribution in [-0.2, 0) is 16.1 Å². The number of nitrogens with two attached hydrogens (primary N) is 1. The van der Waals surface area contributed by atoms with E-state index in [9.17, 15) is 9.59 Å². The summed E-state index contributed by atoms with van der Waals surface area (Å²) in [5.74, 6) is -0.650. The molecule has 0 aromatic heterocycles. The van der Waals surface area contributed by atoms with E-state index in [0.717, 1.165) is 12.1 Å². The summed E-state index contributed by atoms with van der Waals surface area (Å²) in [6.45, 7) is 5.33. The Balaban J connectivity index is 2.50. The Hall–Kier alpha value is -1.92. The Kier molecular flexibility index (Phi) is 7.42. The van der Waals surface area contributed by atoms with Gasteiger partial charge in [-0.25, -0.2) is 0 Å². The van der Waals surface area contributed by atoms with Crippen LogP contribution in [0.4, 0.5) is 0 Å². The number of carbonyl (C=O) groups is 2. The smallest absolute Gasteiger partial charge is 0.249 e. The number of benzene rings is 1. The number of carbonyl (C=O) groups excluding carboxylic acids is 2. The van der Waals surface area contributed by atoms with Crippen molar-refractivity contribution in [1.82, 2.24) is 10.6 Å². The molecule has 6 heteroatoms. The highest BCUT2D eigenvalue weighted by Crippen LogP contribution is 2.05. The van der Waals surface area contributed by atoms with Crippen molar-refractivity contribution in [3.05, 3.63) is 35.4 Å². The maximum Gasteiger partial charge on any atom is 0.249 e. The molecule has 0 saturated heterocycles. The van der Waals surface area contributed by atoms with E-state index >= 15 is 0 Å². The van der Waals surface area contributed by atoms with Crippen LogP contribution >= 0.6 is 0 Å². The summed E-state index contributed by atoms with van der Waals surface area (Å²) >= 11 is 0. The van der Waals surface area contributed by atoms with Gasteiger partial charge in [0.1, 0.15) is 6.10 Å². The van der Waals surface area contributed by atoms with Gasteiger partial charge in [-0.2, -0.15) is 0 Å². The zero-order chi connectivity index (χ0) is 15.7. The molecule has 0 aliphatic carbocycles. The Labute approximate surface area is 125 Å². The molecule has 1 aromatic carbocycles. The first-order valence-electron chi connectivity index (χ1n) is 7.07. The fourth-order valence-electron chi connectivity index (χ4n) is 1.78. The molecule has 2 amide bonds. The van der Waals surface area contributed by atoms with Gasteiger partial charge in [0.25, 0.3) is 0 Å². The summed E-state index contributed by atoms with van der Waals surface area (Å²) in [5, 5.41) is 5.81. The van der Waals surface area contributed by atoms with Crippen LogP contribution in [0.5, 0.6) is 0 Å². The Bertz CT molecular complexity index is 477. The summed E-state index contributed by atoms with van der Waals surface area (Å²) in [7, 11) is 0. The average Bonchev–Trinajstić information content (AvgIpc) is 2.49.